The number of nitrogens with zero attached hydrogens (tertiary/aromatic N) is 4. The maximum atomic E-state index is 5.81. The van der Waals surface area contributed by atoms with E-state index in [9.17, 15) is 0 Å². The average Bonchev–Trinajstić information content (AvgIpc) is 2.28. The molecule has 0 saturated heterocycles. The van der Waals surface area contributed by atoms with Crippen LogP contribution in [0.2, 0.25) is 5.28 Å². The third kappa shape index (κ3) is 3.98. The van der Waals surface area contributed by atoms with Crippen LogP contribution in [0.3, 0.4) is 0 Å². The Hall–Kier alpha value is -1.14. The van der Waals surface area contributed by atoms with Crippen molar-refractivity contribution in [3.8, 4) is 6.01 Å². The first-order valence-electron chi connectivity index (χ1n) is 5.34. The van der Waals surface area contributed by atoms with Crippen molar-refractivity contribution in [1.29, 1.82) is 0 Å². The fraction of sp³-hybridized carbons (Fsp3) is 0.700. The van der Waals surface area contributed by atoms with Gasteiger partial charge in [0.1, 0.15) is 0 Å². The summed E-state index contributed by atoms with van der Waals surface area (Å²) in [7, 11) is 3.52. The van der Waals surface area contributed by atoms with Crippen LogP contribution in [0.1, 0.15) is 13.8 Å². The standard InChI is InChI=1S/C10H17ClN4O2/c1-5-17-10-13-8(11)12-9(14-10)15(3)7(2)6-16-4/h7H,5-6H2,1-4H3. The molecule has 0 radical (unpaired) electrons. The van der Waals surface area contributed by atoms with E-state index in [0.717, 1.165) is 0 Å². The summed E-state index contributed by atoms with van der Waals surface area (Å²) in [6.45, 7) is 4.91. The lowest BCUT2D eigenvalue weighted by molar-refractivity contribution is 0.182. The van der Waals surface area contributed by atoms with Gasteiger partial charge in [0.05, 0.1) is 19.3 Å². The van der Waals surface area contributed by atoms with Crippen LogP contribution in [0, 0.1) is 0 Å². The number of likely N-dealkylation sites (N-methyl/N-ethyl adjacent to an activating group) is 1. The van der Waals surface area contributed by atoms with E-state index in [2.05, 4.69) is 15.0 Å². The summed E-state index contributed by atoms with van der Waals surface area (Å²) in [6, 6.07) is 0.368. The molecule has 1 aromatic heterocycles. The van der Waals surface area contributed by atoms with Crippen molar-refractivity contribution in [2.75, 3.05) is 32.3 Å². The molecular weight excluding hydrogens is 244 g/mol. The van der Waals surface area contributed by atoms with E-state index in [1.807, 2.05) is 25.8 Å². The smallest absolute Gasteiger partial charge is 0.322 e. The van der Waals surface area contributed by atoms with Gasteiger partial charge in [0.25, 0.3) is 0 Å². The molecule has 0 amide bonds. The molecule has 0 aromatic carbocycles. The van der Waals surface area contributed by atoms with Crippen LogP contribution in [-0.2, 0) is 4.74 Å². The molecule has 1 heterocycles. The van der Waals surface area contributed by atoms with Crippen LogP contribution in [0.15, 0.2) is 0 Å². The fourth-order valence-corrected chi connectivity index (χ4v) is 1.37. The van der Waals surface area contributed by atoms with Crippen LogP contribution in [0.5, 0.6) is 6.01 Å². The lowest BCUT2D eigenvalue weighted by Crippen LogP contribution is -2.34. The van der Waals surface area contributed by atoms with E-state index in [1.54, 1.807) is 7.11 Å². The maximum Gasteiger partial charge on any atom is 0.322 e. The maximum absolute atomic E-state index is 5.81. The summed E-state index contributed by atoms with van der Waals surface area (Å²) in [4.78, 5) is 14.0. The molecule has 6 nitrogen and oxygen atoms in total. The van der Waals surface area contributed by atoms with Crippen molar-refractivity contribution in [1.82, 2.24) is 15.0 Å². The highest BCUT2D eigenvalue weighted by Gasteiger charge is 2.15. The topological polar surface area (TPSA) is 60.4 Å². The normalized spacial score (nSPS) is 12.3. The highest BCUT2D eigenvalue weighted by atomic mass is 35.5. The Bertz CT molecular complexity index is 364. The van der Waals surface area contributed by atoms with E-state index in [4.69, 9.17) is 21.1 Å². The Kier molecular flexibility index (Phi) is 5.37. The number of anilines is 1. The molecule has 0 aliphatic carbocycles. The largest absolute Gasteiger partial charge is 0.464 e. The molecule has 17 heavy (non-hydrogen) atoms. The first-order valence-corrected chi connectivity index (χ1v) is 5.72. The van der Waals surface area contributed by atoms with Gasteiger partial charge in [0.15, 0.2) is 0 Å². The van der Waals surface area contributed by atoms with Crippen LogP contribution in [0.25, 0.3) is 0 Å². The molecule has 0 fully saturated rings. The van der Waals surface area contributed by atoms with Gasteiger partial charge in [-0.25, -0.2) is 0 Å². The number of aromatic nitrogens is 3. The van der Waals surface area contributed by atoms with E-state index < -0.39 is 0 Å². The van der Waals surface area contributed by atoms with Gasteiger partial charge in [-0.2, -0.15) is 15.0 Å². The average molecular weight is 261 g/mol. The Morgan fingerprint density at radius 1 is 1.35 bits per heavy atom. The minimum Gasteiger partial charge on any atom is -0.464 e. The van der Waals surface area contributed by atoms with Crippen molar-refractivity contribution in [3.63, 3.8) is 0 Å². The molecule has 1 rings (SSSR count). The lowest BCUT2D eigenvalue weighted by Gasteiger charge is -2.24. The molecule has 1 aromatic rings. The minimum absolute atomic E-state index is 0.120. The van der Waals surface area contributed by atoms with Crippen LogP contribution < -0.4 is 9.64 Å². The number of methoxy groups -OCH3 is 1. The van der Waals surface area contributed by atoms with Crippen LogP contribution >= 0.6 is 11.6 Å². The summed E-state index contributed by atoms with van der Waals surface area (Å²) >= 11 is 5.81. The van der Waals surface area contributed by atoms with E-state index in [0.29, 0.717) is 19.2 Å². The number of ether oxygens (including phenoxy) is 2. The molecule has 96 valence electrons. The minimum atomic E-state index is 0.120. The molecule has 0 bridgehead atoms. The summed E-state index contributed by atoms with van der Waals surface area (Å²) in [5.41, 5.74) is 0. The van der Waals surface area contributed by atoms with Crippen molar-refractivity contribution >= 4 is 17.5 Å². The molecule has 0 spiro atoms. The van der Waals surface area contributed by atoms with Crippen LogP contribution in [-0.4, -0.2) is 48.4 Å². The van der Waals surface area contributed by atoms with Gasteiger partial charge in [-0.15, -0.1) is 0 Å². The number of rotatable bonds is 6. The van der Waals surface area contributed by atoms with Gasteiger partial charge in [0.2, 0.25) is 11.2 Å². The van der Waals surface area contributed by atoms with Gasteiger partial charge in [0, 0.05) is 14.2 Å². The highest BCUT2D eigenvalue weighted by molar-refractivity contribution is 6.28. The van der Waals surface area contributed by atoms with E-state index >= 15 is 0 Å². The first kappa shape index (κ1) is 13.9. The molecule has 1 atom stereocenters. The summed E-state index contributed by atoms with van der Waals surface area (Å²) in [6.07, 6.45) is 0. The van der Waals surface area contributed by atoms with Gasteiger partial charge in [-0.05, 0) is 25.4 Å². The predicted molar refractivity (Wildman–Crippen MR) is 65.7 cm³/mol. The molecule has 0 saturated carbocycles. The second-order valence-electron chi connectivity index (χ2n) is 3.54. The Morgan fingerprint density at radius 2 is 2.06 bits per heavy atom. The second-order valence-corrected chi connectivity index (χ2v) is 3.87. The SMILES string of the molecule is CCOc1nc(Cl)nc(N(C)C(C)COC)n1. The van der Waals surface area contributed by atoms with Crippen molar-refractivity contribution in [2.24, 2.45) is 0 Å². The molecule has 0 N–H and O–H groups in total. The third-order valence-electron chi connectivity index (χ3n) is 2.23. The van der Waals surface area contributed by atoms with E-state index in [1.165, 1.54) is 0 Å². The second kappa shape index (κ2) is 6.56. The van der Waals surface area contributed by atoms with Gasteiger partial charge in [-0.3, -0.25) is 0 Å². The molecular formula is C10H17ClN4O2. The predicted octanol–water partition coefficient (Wildman–Crippen LogP) is 1.39. The summed E-state index contributed by atoms with van der Waals surface area (Å²) in [5, 5.41) is 0.120. The van der Waals surface area contributed by atoms with Crippen LogP contribution in [0.4, 0.5) is 5.95 Å². The number of halogens is 1. The Labute approximate surface area is 106 Å². The van der Waals surface area contributed by atoms with Crippen molar-refractivity contribution < 1.29 is 9.47 Å². The molecule has 7 heteroatoms. The highest BCUT2D eigenvalue weighted by Crippen LogP contribution is 2.15. The third-order valence-corrected chi connectivity index (χ3v) is 2.40. The molecule has 1 unspecified atom stereocenters. The lowest BCUT2D eigenvalue weighted by atomic mass is 10.3. The van der Waals surface area contributed by atoms with E-state index in [-0.39, 0.29) is 17.3 Å². The Morgan fingerprint density at radius 3 is 2.65 bits per heavy atom. The number of hydrogen-bond acceptors (Lipinski definition) is 6. The van der Waals surface area contributed by atoms with Crippen molar-refractivity contribution in [3.05, 3.63) is 5.28 Å². The zero-order valence-corrected chi connectivity index (χ0v) is 11.2. The Balaban J connectivity index is 2.88. The summed E-state index contributed by atoms with van der Waals surface area (Å²) < 4.78 is 10.3. The molecule has 0 aliphatic heterocycles. The number of hydrogen-bond donors (Lipinski definition) is 0. The van der Waals surface area contributed by atoms with Gasteiger partial charge >= 0.3 is 6.01 Å². The summed E-state index contributed by atoms with van der Waals surface area (Å²) in [5.74, 6) is 0.470. The fourth-order valence-electron chi connectivity index (χ4n) is 1.22. The van der Waals surface area contributed by atoms with Gasteiger partial charge in [-0.1, -0.05) is 0 Å². The zero-order valence-electron chi connectivity index (χ0n) is 10.5. The molecule has 0 aliphatic rings. The van der Waals surface area contributed by atoms with Gasteiger partial charge < -0.3 is 14.4 Å². The zero-order chi connectivity index (χ0) is 12.8. The van der Waals surface area contributed by atoms with Crippen molar-refractivity contribution in [2.45, 2.75) is 19.9 Å². The first-order chi connectivity index (χ1) is 8.08. The monoisotopic (exact) mass is 260 g/mol. The quantitative estimate of drug-likeness (QED) is 0.770.